The van der Waals surface area contributed by atoms with E-state index in [4.69, 9.17) is 5.11 Å². The lowest BCUT2D eigenvalue weighted by Gasteiger charge is -2.33. The minimum absolute atomic E-state index is 0.205. The molecule has 104 valence electrons. The predicted molar refractivity (Wildman–Crippen MR) is 71.0 cm³/mol. The van der Waals surface area contributed by atoms with E-state index in [9.17, 15) is 9.59 Å². The minimum atomic E-state index is -0.934. The molecular weight excluding hydrogens is 266 g/mol. The quantitative estimate of drug-likeness (QED) is 0.887. The van der Waals surface area contributed by atoms with Gasteiger partial charge in [0.2, 0.25) is 0 Å². The summed E-state index contributed by atoms with van der Waals surface area (Å²) < 4.78 is 0. The zero-order chi connectivity index (χ0) is 13.8. The Morgan fingerprint density at radius 1 is 1.58 bits per heavy atom. The highest BCUT2D eigenvalue weighted by Gasteiger charge is 2.32. The number of urea groups is 1. The SMILES string of the molecule is CC(NC(=O)N1CCCCC1C(=O)O)c1nccs1. The Morgan fingerprint density at radius 2 is 2.37 bits per heavy atom. The van der Waals surface area contributed by atoms with Crippen molar-refractivity contribution in [2.75, 3.05) is 6.54 Å². The van der Waals surface area contributed by atoms with Gasteiger partial charge in [0.1, 0.15) is 11.0 Å². The number of hydrogen-bond donors (Lipinski definition) is 2. The third-order valence-electron chi connectivity index (χ3n) is 3.21. The fraction of sp³-hybridized carbons (Fsp3) is 0.583. The van der Waals surface area contributed by atoms with Crippen LogP contribution in [0.3, 0.4) is 0 Å². The number of piperidine rings is 1. The lowest BCUT2D eigenvalue weighted by Crippen LogP contribution is -2.52. The van der Waals surface area contributed by atoms with Gasteiger partial charge in [0.25, 0.3) is 0 Å². The van der Waals surface area contributed by atoms with Gasteiger partial charge in [-0.25, -0.2) is 14.6 Å². The Kier molecular flexibility index (Phi) is 4.36. The minimum Gasteiger partial charge on any atom is -0.480 e. The van der Waals surface area contributed by atoms with Gasteiger partial charge >= 0.3 is 12.0 Å². The van der Waals surface area contributed by atoms with Crippen molar-refractivity contribution in [2.24, 2.45) is 0 Å². The Balaban J connectivity index is 2.00. The topological polar surface area (TPSA) is 82.5 Å². The molecule has 2 amide bonds. The van der Waals surface area contributed by atoms with Crippen LogP contribution in [0.5, 0.6) is 0 Å². The number of carboxylic acid groups (broad SMARTS) is 1. The van der Waals surface area contributed by atoms with Gasteiger partial charge in [0, 0.05) is 18.1 Å². The molecule has 7 heteroatoms. The molecule has 2 atom stereocenters. The number of rotatable bonds is 3. The Hall–Kier alpha value is -1.63. The number of nitrogens with one attached hydrogen (secondary N) is 1. The van der Waals surface area contributed by atoms with Crippen LogP contribution in [0.1, 0.15) is 37.2 Å². The molecule has 0 aliphatic carbocycles. The number of nitrogens with zero attached hydrogens (tertiary/aromatic N) is 2. The van der Waals surface area contributed by atoms with E-state index in [0.717, 1.165) is 17.8 Å². The molecule has 0 aromatic carbocycles. The van der Waals surface area contributed by atoms with Crippen molar-refractivity contribution in [2.45, 2.75) is 38.3 Å². The van der Waals surface area contributed by atoms with Gasteiger partial charge in [-0.05, 0) is 26.2 Å². The molecule has 1 fully saturated rings. The molecule has 0 spiro atoms. The highest BCUT2D eigenvalue weighted by Crippen LogP contribution is 2.19. The zero-order valence-electron chi connectivity index (χ0n) is 10.7. The van der Waals surface area contributed by atoms with Gasteiger partial charge in [-0.1, -0.05) is 0 Å². The number of carbonyl (C=O) groups is 2. The molecule has 0 saturated carbocycles. The van der Waals surface area contributed by atoms with Crippen LogP contribution >= 0.6 is 11.3 Å². The summed E-state index contributed by atoms with van der Waals surface area (Å²) in [5.74, 6) is -0.934. The molecule has 19 heavy (non-hydrogen) atoms. The summed E-state index contributed by atoms with van der Waals surface area (Å²) >= 11 is 1.47. The van der Waals surface area contributed by atoms with Gasteiger partial charge in [-0.2, -0.15) is 0 Å². The standard InChI is InChI=1S/C12H17N3O3S/c1-8(10-13-5-7-19-10)14-12(18)15-6-3-2-4-9(15)11(16)17/h5,7-9H,2-4,6H2,1H3,(H,14,18)(H,16,17). The molecule has 2 N–H and O–H groups in total. The first-order valence-corrected chi connectivity index (χ1v) is 7.17. The molecule has 6 nitrogen and oxygen atoms in total. The van der Waals surface area contributed by atoms with Gasteiger partial charge < -0.3 is 15.3 Å². The molecule has 1 aromatic heterocycles. The summed E-state index contributed by atoms with van der Waals surface area (Å²) in [6, 6.07) is -1.24. The van der Waals surface area contributed by atoms with E-state index in [1.54, 1.807) is 6.20 Å². The van der Waals surface area contributed by atoms with Crippen LogP contribution in [0.15, 0.2) is 11.6 Å². The van der Waals surface area contributed by atoms with E-state index in [0.29, 0.717) is 13.0 Å². The number of amides is 2. The molecule has 1 aliphatic heterocycles. The lowest BCUT2D eigenvalue weighted by molar-refractivity contribution is -0.143. The Bertz CT molecular complexity index is 449. The second-order valence-electron chi connectivity index (χ2n) is 4.58. The molecule has 1 saturated heterocycles. The maximum absolute atomic E-state index is 12.1. The fourth-order valence-corrected chi connectivity index (χ4v) is 2.86. The van der Waals surface area contributed by atoms with Gasteiger partial charge in [0.05, 0.1) is 6.04 Å². The van der Waals surface area contributed by atoms with Crippen LogP contribution in [0.2, 0.25) is 0 Å². The largest absolute Gasteiger partial charge is 0.480 e. The molecular formula is C12H17N3O3S. The molecule has 1 aliphatic rings. The molecule has 1 aromatic rings. The fourth-order valence-electron chi connectivity index (χ4n) is 2.21. The van der Waals surface area contributed by atoms with E-state index in [1.165, 1.54) is 16.2 Å². The third kappa shape index (κ3) is 3.23. The summed E-state index contributed by atoms with van der Waals surface area (Å²) in [5.41, 5.74) is 0. The van der Waals surface area contributed by atoms with Gasteiger partial charge in [-0.3, -0.25) is 0 Å². The first-order chi connectivity index (χ1) is 9.09. The number of aromatic nitrogens is 1. The average Bonchev–Trinajstić information content (AvgIpc) is 2.92. The molecule has 2 heterocycles. The molecule has 2 rings (SSSR count). The highest BCUT2D eigenvalue weighted by molar-refractivity contribution is 7.09. The summed E-state index contributed by atoms with van der Waals surface area (Å²) in [6.45, 7) is 2.34. The van der Waals surface area contributed by atoms with E-state index in [1.807, 2.05) is 12.3 Å². The Morgan fingerprint density at radius 3 is 3.00 bits per heavy atom. The normalized spacial score (nSPS) is 20.9. The summed E-state index contributed by atoms with van der Waals surface area (Å²) in [4.78, 5) is 28.8. The van der Waals surface area contributed by atoms with Crippen molar-refractivity contribution < 1.29 is 14.7 Å². The van der Waals surface area contributed by atoms with Crippen LogP contribution in [-0.4, -0.2) is 39.6 Å². The Labute approximate surface area is 115 Å². The van der Waals surface area contributed by atoms with E-state index >= 15 is 0 Å². The average molecular weight is 283 g/mol. The first-order valence-electron chi connectivity index (χ1n) is 6.29. The summed E-state index contributed by atoms with van der Waals surface area (Å²) in [6.07, 6.45) is 3.91. The van der Waals surface area contributed by atoms with Crippen molar-refractivity contribution in [1.29, 1.82) is 0 Å². The van der Waals surface area contributed by atoms with Crippen molar-refractivity contribution in [1.82, 2.24) is 15.2 Å². The van der Waals surface area contributed by atoms with Crippen LogP contribution in [0.25, 0.3) is 0 Å². The second-order valence-corrected chi connectivity index (χ2v) is 5.51. The molecule has 0 bridgehead atoms. The maximum Gasteiger partial charge on any atom is 0.326 e. The highest BCUT2D eigenvalue weighted by atomic mass is 32.1. The summed E-state index contributed by atoms with van der Waals surface area (Å²) in [5, 5.41) is 14.6. The van der Waals surface area contributed by atoms with Gasteiger partial charge in [-0.15, -0.1) is 11.3 Å². The third-order valence-corrected chi connectivity index (χ3v) is 4.17. The van der Waals surface area contributed by atoms with Crippen LogP contribution in [0, 0.1) is 0 Å². The molecule has 2 unspecified atom stereocenters. The first kappa shape index (κ1) is 13.8. The van der Waals surface area contributed by atoms with Crippen molar-refractivity contribution in [3.05, 3.63) is 16.6 Å². The smallest absolute Gasteiger partial charge is 0.326 e. The second kappa shape index (κ2) is 6.01. The van der Waals surface area contributed by atoms with E-state index < -0.39 is 12.0 Å². The number of hydrogen-bond acceptors (Lipinski definition) is 4. The summed E-state index contributed by atoms with van der Waals surface area (Å²) in [7, 11) is 0. The zero-order valence-corrected chi connectivity index (χ0v) is 11.5. The van der Waals surface area contributed by atoms with Gasteiger partial charge in [0.15, 0.2) is 0 Å². The van der Waals surface area contributed by atoms with Crippen molar-refractivity contribution >= 4 is 23.3 Å². The number of thiazole rings is 1. The predicted octanol–water partition coefficient (Wildman–Crippen LogP) is 1.85. The van der Waals surface area contributed by atoms with Crippen LogP contribution < -0.4 is 5.32 Å². The van der Waals surface area contributed by atoms with Crippen molar-refractivity contribution in [3.8, 4) is 0 Å². The number of likely N-dealkylation sites (tertiary alicyclic amines) is 1. The van der Waals surface area contributed by atoms with E-state index in [2.05, 4.69) is 10.3 Å². The van der Waals surface area contributed by atoms with Crippen LogP contribution in [0.4, 0.5) is 4.79 Å². The number of carboxylic acids is 1. The monoisotopic (exact) mass is 283 g/mol. The lowest BCUT2D eigenvalue weighted by atomic mass is 10.0. The number of aliphatic carboxylic acids is 1. The maximum atomic E-state index is 12.1. The molecule has 0 radical (unpaired) electrons. The van der Waals surface area contributed by atoms with E-state index in [-0.39, 0.29) is 12.1 Å². The van der Waals surface area contributed by atoms with Crippen molar-refractivity contribution in [3.63, 3.8) is 0 Å². The number of carbonyl (C=O) groups excluding carboxylic acids is 1. The van der Waals surface area contributed by atoms with Crippen LogP contribution in [-0.2, 0) is 4.79 Å².